The number of hydrogen-bond donors (Lipinski definition) is 3. The van der Waals surface area contributed by atoms with Gasteiger partial charge >= 0.3 is 12.1 Å². The number of anilines is 2. The molecule has 3 aromatic rings. The molecule has 1 heterocycles. The summed E-state index contributed by atoms with van der Waals surface area (Å²) in [5.41, 5.74) is 1.83. The monoisotopic (exact) mass is 353 g/mol. The van der Waals surface area contributed by atoms with Crippen molar-refractivity contribution < 1.29 is 18.7 Å². The zero-order valence-corrected chi connectivity index (χ0v) is 14.4. The van der Waals surface area contributed by atoms with Crippen molar-refractivity contribution in [3.05, 3.63) is 60.4 Å². The van der Waals surface area contributed by atoms with Gasteiger partial charge in [0.1, 0.15) is 11.3 Å². The number of amides is 3. The lowest BCUT2D eigenvalue weighted by Crippen LogP contribution is -2.31. The van der Waals surface area contributed by atoms with Crippen molar-refractivity contribution in [3.8, 4) is 0 Å². The van der Waals surface area contributed by atoms with E-state index in [9.17, 15) is 9.59 Å². The Morgan fingerprint density at radius 3 is 2.46 bits per heavy atom. The number of nitrogens with one attached hydrogen (secondary N) is 3. The van der Waals surface area contributed by atoms with E-state index in [0.717, 1.165) is 11.0 Å². The van der Waals surface area contributed by atoms with E-state index in [1.165, 1.54) is 7.11 Å². The van der Waals surface area contributed by atoms with Gasteiger partial charge < -0.3 is 19.8 Å². The molecule has 0 fully saturated rings. The van der Waals surface area contributed by atoms with Crippen LogP contribution in [0.2, 0.25) is 0 Å². The molecule has 1 aromatic heterocycles. The topological polar surface area (TPSA) is 92.6 Å². The van der Waals surface area contributed by atoms with Gasteiger partial charge in [0.15, 0.2) is 0 Å². The van der Waals surface area contributed by atoms with Crippen LogP contribution in [0.1, 0.15) is 18.7 Å². The second-order valence-electron chi connectivity index (χ2n) is 5.70. The Balaban J connectivity index is 1.63. The molecule has 7 heteroatoms. The molecule has 134 valence electrons. The second-order valence-corrected chi connectivity index (χ2v) is 5.70. The first-order chi connectivity index (χ1) is 12.5. The Morgan fingerprint density at radius 1 is 1.00 bits per heavy atom. The lowest BCUT2D eigenvalue weighted by Gasteiger charge is -2.13. The third-order valence-electron chi connectivity index (χ3n) is 3.77. The van der Waals surface area contributed by atoms with Gasteiger partial charge in [-0.05, 0) is 37.3 Å². The van der Waals surface area contributed by atoms with Crippen LogP contribution in [0.25, 0.3) is 11.0 Å². The summed E-state index contributed by atoms with van der Waals surface area (Å²) in [4.78, 5) is 23.5. The summed E-state index contributed by atoms with van der Waals surface area (Å²) in [6, 6.07) is 15.6. The summed E-state index contributed by atoms with van der Waals surface area (Å²) in [7, 11) is 1.28. The zero-order valence-electron chi connectivity index (χ0n) is 14.4. The molecule has 7 nitrogen and oxygen atoms in total. The van der Waals surface area contributed by atoms with E-state index in [-0.39, 0.29) is 12.1 Å². The Kier molecular flexibility index (Phi) is 5.07. The third kappa shape index (κ3) is 4.13. The number of carbonyl (C=O) groups is 2. The van der Waals surface area contributed by atoms with Gasteiger partial charge in [-0.3, -0.25) is 5.32 Å². The summed E-state index contributed by atoms with van der Waals surface area (Å²) in [5.74, 6) is 0.669. The van der Waals surface area contributed by atoms with Crippen molar-refractivity contribution in [2.24, 2.45) is 0 Å². The Hall–Kier alpha value is -3.48. The molecule has 0 saturated carbocycles. The molecule has 0 bridgehead atoms. The molecule has 26 heavy (non-hydrogen) atoms. The average Bonchev–Trinajstić information content (AvgIpc) is 3.06. The largest absolute Gasteiger partial charge is 0.459 e. The maximum absolute atomic E-state index is 12.2. The highest BCUT2D eigenvalue weighted by molar-refractivity contribution is 5.91. The van der Waals surface area contributed by atoms with Crippen molar-refractivity contribution in [2.75, 3.05) is 17.7 Å². The zero-order chi connectivity index (χ0) is 18.5. The first kappa shape index (κ1) is 17.3. The molecule has 3 rings (SSSR count). The summed E-state index contributed by atoms with van der Waals surface area (Å²) in [6.45, 7) is 1.84. The Labute approximate surface area is 150 Å². The average molecular weight is 353 g/mol. The predicted molar refractivity (Wildman–Crippen MR) is 99.3 cm³/mol. The SMILES string of the molecule is COC(=O)Nc1cccc(NC(=O)N[C@H](C)c2cc3ccccc3o2)c1. The van der Waals surface area contributed by atoms with E-state index in [1.807, 2.05) is 37.3 Å². The maximum atomic E-state index is 12.2. The number of fused-ring (bicyclic) bond motifs is 1. The van der Waals surface area contributed by atoms with Gasteiger partial charge in [-0.2, -0.15) is 0 Å². The molecule has 0 aliphatic carbocycles. The number of benzene rings is 2. The van der Waals surface area contributed by atoms with E-state index in [1.54, 1.807) is 24.3 Å². The molecule has 0 spiro atoms. The smallest absolute Gasteiger partial charge is 0.411 e. The molecule has 0 unspecified atom stereocenters. The highest BCUT2D eigenvalue weighted by atomic mass is 16.5. The summed E-state index contributed by atoms with van der Waals surface area (Å²) in [5, 5.41) is 9.07. The molecule has 0 radical (unpaired) electrons. The van der Waals surface area contributed by atoms with Crippen LogP contribution < -0.4 is 16.0 Å². The van der Waals surface area contributed by atoms with Gasteiger partial charge in [0.2, 0.25) is 0 Å². The van der Waals surface area contributed by atoms with Crippen LogP contribution in [0, 0.1) is 0 Å². The minimum Gasteiger partial charge on any atom is -0.459 e. The van der Waals surface area contributed by atoms with Gasteiger partial charge in [0.05, 0.1) is 13.2 Å². The van der Waals surface area contributed by atoms with E-state index < -0.39 is 6.09 Å². The normalized spacial score (nSPS) is 11.6. The minimum atomic E-state index is -0.579. The number of methoxy groups -OCH3 is 1. The van der Waals surface area contributed by atoms with Gasteiger partial charge in [0.25, 0.3) is 0 Å². The van der Waals surface area contributed by atoms with Crippen LogP contribution in [0.3, 0.4) is 0 Å². The van der Waals surface area contributed by atoms with E-state index in [2.05, 4.69) is 20.7 Å². The van der Waals surface area contributed by atoms with Crippen molar-refractivity contribution in [3.63, 3.8) is 0 Å². The van der Waals surface area contributed by atoms with Crippen LogP contribution in [-0.4, -0.2) is 19.2 Å². The third-order valence-corrected chi connectivity index (χ3v) is 3.77. The van der Waals surface area contributed by atoms with E-state index in [0.29, 0.717) is 17.1 Å². The fraction of sp³-hybridized carbons (Fsp3) is 0.158. The predicted octanol–water partition coefficient (Wildman–Crippen LogP) is 4.49. The van der Waals surface area contributed by atoms with Crippen molar-refractivity contribution in [2.45, 2.75) is 13.0 Å². The highest BCUT2D eigenvalue weighted by Gasteiger charge is 2.14. The molecule has 3 N–H and O–H groups in total. The van der Waals surface area contributed by atoms with Crippen LogP contribution in [-0.2, 0) is 4.74 Å². The molecule has 0 aliphatic heterocycles. The van der Waals surface area contributed by atoms with E-state index >= 15 is 0 Å². The fourth-order valence-corrected chi connectivity index (χ4v) is 2.49. The number of ether oxygens (including phenoxy) is 1. The number of carbonyl (C=O) groups excluding carboxylic acids is 2. The molecular formula is C19H19N3O4. The van der Waals surface area contributed by atoms with Gasteiger partial charge in [-0.1, -0.05) is 24.3 Å². The summed E-state index contributed by atoms with van der Waals surface area (Å²) < 4.78 is 10.3. The van der Waals surface area contributed by atoms with Crippen molar-refractivity contribution in [1.29, 1.82) is 0 Å². The summed E-state index contributed by atoms with van der Waals surface area (Å²) >= 11 is 0. The van der Waals surface area contributed by atoms with Gasteiger partial charge in [-0.25, -0.2) is 9.59 Å². The standard InChI is InChI=1S/C19H19N3O4/c1-12(17-10-13-6-3-4-9-16(13)26-17)20-18(23)21-14-7-5-8-15(11-14)22-19(24)25-2/h3-12H,1-2H3,(H,22,24)(H2,20,21,23)/t12-/m1/s1. The molecule has 1 atom stereocenters. The fourth-order valence-electron chi connectivity index (χ4n) is 2.49. The molecular weight excluding hydrogens is 334 g/mol. The van der Waals surface area contributed by atoms with Crippen LogP contribution in [0.15, 0.2) is 59.0 Å². The highest BCUT2D eigenvalue weighted by Crippen LogP contribution is 2.23. The quantitative estimate of drug-likeness (QED) is 0.644. The van der Waals surface area contributed by atoms with Gasteiger partial charge in [0, 0.05) is 16.8 Å². The maximum Gasteiger partial charge on any atom is 0.411 e. The van der Waals surface area contributed by atoms with Crippen LogP contribution in [0.5, 0.6) is 0 Å². The lowest BCUT2D eigenvalue weighted by molar-refractivity contribution is 0.187. The van der Waals surface area contributed by atoms with Crippen molar-refractivity contribution in [1.82, 2.24) is 5.32 Å². The first-order valence-electron chi connectivity index (χ1n) is 8.06. The lowest BCUT2D eigenvalue weighted by atomic mass is 10.2. The first-order valence-corrected chi connectivity index (χ1v) is 8.06. The number of urea groups is 1. The second kappa shape index (κ2) is 7.60. The molecule has 2 aromatic carbocycles. The van der Waals surface area contributed by atoms with E-state index in [4.69, 9.17) is 4.42 Å². The molecule has 0 aliphatic rings. The summed E-state index contributed by atoms with van der Waals surface area (Å²) in [6.07, 6.45) is -0.579. The Morgan fingerprint density at radius 2 is 1.73 bits per heavy atom. The molecule has 0 saturated heterocycles. The number of rotatable bonds is 4. The van der Waals surface area contributed by atoms with Gasteiger partial charge in [-0.15, -0.1) is 0 Å². The molecule has 3 amide bonds. The number of furan rings is 1. The van der Waals surface area contributed by atoms with Crippen LogP contribution >= 0.6 is 0 Å². The number of hydrogen-bond acceptors (Lipinski definition) is 4. The number of para-hydroxylation sites is 1. The van der Waals surface area contributed by atoms with Crippen LogP contribution in [0.4, 0.5) is 21.0 Å². The van der Waals surface area contributed by atoms with Crippen molar-refractivity contribution >= 4 is 34.5 Å². The Bertz CT molecular complexity index is 902. The minimum absolute atomic E-state index is 0.307.